The van der Waals surface area contributed by atoms with E-state index < -0.39 is 5.82 Å². The molecule has 0 radical (unpaired) electrons. The average Bonchev–Trinajstić information content (AvgIpc) is 2.95. The lowest BCUT2D eigenvalue weighted by molar-refractivity contribution is -0.128. The van der Waals surface area contributed by atoms with E-state index in [4.69, 9.17) is 4.74 Å². The van der Waals surface area contributed by atoms with Crippen LogP contribution in [0.4, 0.5) is 4.39 Å². The minimum atomic E-state index is -0.457. The molecule has 0 saturated carbocycles. The van der Waals surface area contributed by atoms with Gasteiger partial charge < -0.3 is 14.7 Å². The molecule has 1 N–H and O–H groups in total. The minimum Gasteiger partial charge on any atom is -0.494 e. The Morgan fingerprint density at radius 1 is 1.57 bits per heavy atom. The van der Waals surface area contributed by atoms with Crippen molar-refractivity contribution in [2.75, 3.05) is 20.3 Å². The summed E-state index contributed by atoms with van der Waals surface area (Å²) in [5.41, 5.74) is 1.14. The molecule has 1 fully saturated rings. The summed E-state index contributed by atoms with van der Waals surface area (Å²) in [5, 5.41) is 9.27. The Hall–Kier alpha value is -1.88. The van der Waals surface area contributed by atoms with Gasteiger partial charge in [0.2, 0.25) is 5.91 Å². The number of aliphatic hydroxyl groups is 1. The second-order valence-corrected chi connectivity index (χ2v) is 5.20. The number of likely N-dealkylation sites (tertiary alicyclic amines) is 1. The first-order valence-corrected chi connectivity index (χ1v) is 7.00. The second kappa shape index (κ2) is 6.72. The SMILES string of the molecule is COc1ccc(/C=C(\C)C(=O)N2CCC[C@H]2CO)cc1F. The molecule has 1 heterocycles. The van der Waals surface area contributed by atoms with Gasteiger partial charge in [-0.3, -0.25) is 4.79 Å². The maximum atomic E-state index is 13.6. The number of nitrogens with zero attached hydrogens (tertiary/aromatic N) is 1. The van der Waals surface area contributed by atoms with Gasteiger partial charge in [0.1, 0.15) is 0 Å². The first-order chi connectivity index (χ1) is 10.1. The molecule has 2 rings (SSSR count). The summed E-state index contributed by atoms with van der Waals surface area (Å²) < 4.78 is 18.5. The highest BCUT2D eigenvalue weighted by molar-refractivity contribution is 5.97. The van der Waals surface area contributed by atoms with Gasteiger partial charge in [0.05, 0.1) is 19.8 Å². The van der Waals surface area contributed by atoms with Crippen molar-refractivity contribution in [1.82, 2.24) is 4.90 Å². The molecule has 1 saturated heterocycles. The van der Waals surface area contributed by atoms with Crippen LogP contribution in [-0.4, -0.2) is 42.2 Å². The van der Waals surface area contributed by atoms with Crippen molar-refractivity contribution in [3.63, 3.8) is 0 Å². The molecule has 1 amide bonds. The molecule has 1 aliphatic heterocycles. The van der Waals surface area contributed by atoms with Crippen LogP contribution in [-0.2, 0) is 4.79 Å². The number of aliphatic hydroxyl groups excluding tert-OH is 1. The molecular weight excluding hydrogens is 273 g/mol. The van der Waals surface area contributed by atoms with Crippen molar-refractivity contribution in [3.8, 4) is 5.75 Å². The molecule has 1 aromatic rings. The minimum absolute atomic E-state index is 0.0177. The molecule has 0 unspecified atom stereocenters. The highest BCUT2D eigenvalue weighted by atomic mass is 19.1. The standard InChI is InChI=1S/C16H20FNO3/c1-11(16(20)18-7-3-4-13(18)10-19)8-12-5-6-15(21-2)14(17)9-12/h5-6,8-9,13,19H,3-4,7,10H2,1-2H3/b11-8+/t13-/m0/s1. The van der Waals surface area contributed by atoms with Crippen molar-refractivity contribution >= 4 is 12.0 Å². The van der Waals surface area contributed by atoms with Gasteiger partial charge in [-0.15, -0.1) is 0 Å². The zero-order valence-electron chi connectivity index (χ0n) is 12.3. The van der Waals surface area contributed by atoms with Crippen molar-refractivity contribution in [2.45, 2.75) is 25.8 Å². The number of amides is 1. The highest BCUT2D eigenvalue weighted by Gasteiger charge is 2.28. The van der Waals surface area contributed by atoms with Crippen LogP contribution in [0.1, 0.15) is 25.3 Å². The van der Waals surface area contributed by atoms with E-state index in [0.29, 0.717) is 17.7 Å². The van der Waals surface area contributed by atoms with Crippen LogP contribution in [0.25, 0.3) is 6.08 Å². The Labute approximate surface area is 123 Å². The van der Waals surface area contributed by atoms with Gasteiger partial charge in [0, 0.05) is 12.1 Å². The lowest BCUT2D eigenvalue weighted by atomic mass is 10.1. The first-order valence-electron chi connectivity index (χ1n) is 7.00. The third-order valence-corrected chi connectivity index (χ3v) is 3.75. The summed E-state index contributed by atoms with van der Waals surface area (Å²) in [6.45, 7) is 2.35. The molecule has 0 aromatic heterocycles. The topological polar surface area (TPSA) is 49.8 Å². The fourth-order valence-corrected chi connectivity index (χ4v) is 2.60. The average molecular weight is 293 g/mol. The fraction of sp³-hybridized carbons (Fsp3) is 0.438. The van der Waals surface area contributed by atoms with E-state index in [-0.39, 0.29) is 24.3 Å². The molecule has 0 spiro atoms. The van der Waals surface area contributed by atoms with Crippen LogP contribution in [0.15, 0.2) is 23.8 Å². The van der Waals surface area contributed by atoms with Crippen LogP contribution in [0.3, 0.4) is 0 Å². The Balaban J connectivity index is 2.16. The molecule has 114 valence electrons. The smallest absolute Gasteiger partial charge is 0.249 e. The van der Waals surface area contributed by atoms with Crippen molar-refractivity contribution in [3.05, 3.63) is 35.2 Å². The number of hydrogen-bond donors (Lipinski definition) is 1. The summed E-state index contributed by atoms with van der Waals surface area (Å²) in [6, 6.07) is 4.47. The van der Waals surface area contributed by atoms with Crippen molar-refractivity contribution in [2.24, 2.45) is 0 Å². The number of carbonyl (C=O) groups is 1. The molecule has 1 aliphatic rings. The molecule has 21 heavy (non-hydrogen) atoms. The van der Waals surface area contributed by atoms with Gasteiger partial charge in [-0.1, -0.05) is 6.07 Å². The van der Waals surface area contributed by atoms with Crippen LogP contribution in [0, 0.1) is 5.82 Å². The van der Waals surface area contributed by atoms with E-state index in [0.717, 1.165) is 12.8 Å². The van der Waals surface area contributed by atoms with Gasteiger partial charge in [-0.25, -0.2) is 4.39 Å². The zero-order valence-corrected chi connectivity index (χ0v) is 12.3. The van der Waals surface area contributed by atoms with Gasteiger partial charge in [0.25, 0.3) is 0 Å². The maximum absolute atomic E-state index is 13.6. The number of hydrogen-bond acceptors (Lipinski definition) is 3. The lowest BCUT2D eigenvalue weighted by Gasteiger charge is -2.23. The Bertz CT molecular complexity index is 556. The second-order valence-electron chi connectivity index (χ2n) is 5.20. The number of methoxy groups -OCH3 is 1. The molecule has 0 aliphatic carbocycles. The van der Waals surface area contributed by atoms with Crippen LogP contribution >= 0.6 is 0 Å². The molecule has 5 heteroatoms. The van der Waals surface area contributed by atoms with Crippen molar-refractivity contribution in [1.29, 1.82) is 0 Å². The van der Waals surface area contributed by atoms with E-state index in [2.05, 4.69) is 0 Å². The van der Waals surface area contributed by atoms with Crippen LogP contribution < -0.4 is 4.74 Å². The van der Waals surface area contributed by atoms with Crippen molar-refractivity contribution < 1.29 is 19.0 Å². The van der Waals surface area contributed by atoms with Crippen LogP contribution in [0.2, 0.25) is 0 Å². The molecule has 0 bridgehead atoms. The zero-order chi connectivity index (χ0) is 15.4. The maximum Gasteiger partial charge on any atom is 0.249 e. The third-order valence-electron chi connectivity index (χ3n) is 3.75. The van der Waals surface area contributed by atoms with Gasteiger partial charge in [-0.05, 0) is 43.5 Å². The number of carbonyl (C=O) groups excluding carboxylic acids is 1. The summed E-state index contributed by atoms with van der Waals surface area (Å²) in [6.07, 6.45) is 3.38. The quantitative estimate of drug-likeness (QED) is 0.866. The van der Waals surface area contributed by atoms with E-state index in [1.165, 1.54) is 19.2 Å². The summed E-state index contributed by atoms with van der Waals surface area (Å²) in [5.74, 6) is -0.389. The van der Waals surface area contributed by atoms with Gasteiger partial charge in [0.15, 0.2) is 11.6 Å². The van der Waals surface area contributed by atoms with Gasteiger partial charge >= 0.3 is 0 Å². The number of rotatable bonds is 4. The Morgan fingerprint density at radius 3 is 2.95 bits per heavy atom. The molecule has 4 nitrogen and oxygen atoms in total. The van der Waals surface area contributed by atoms with E-state index in [1.54, 1.807) is 24.0 Å². The lowest BCUT2D eigenvalue weighted by Crippen LogP contribution is -2.38. The summed E-state index contributed by atoms with van der Waals surface area (Å²) >= 11 is 0. The molecule has 1 aromatic carbocycles. The number of halogens is 1. The predicted molar refractivity (Wildman–Crippen MR) is 78.4 cm³/mol. The van der Waals surface area contributed by atoms with E-state index in [9.17, 15) is 14.3 Å². The number of ether oxygens (including phenoxy) is 1. The molecule has 1 atom stereocenters. The van der Waals surface area contributed by atoms with E-state index >= 15 is 0 Å². The third kappa shape index (κ3) is 3.42. The number of benzene rings is 1. The summed E-state index contributed by atoms with van der Waals surface area (Å²) in [4.78, 5) is 14.0. The Morgan fingerprint density at radius 2 is 2.33 bits per heavy atom. The van der Waals surface area contributed by atoms with Crippen LogP contribution in [0.5, 0.6) is 5.75 Å². The first kappa shape index (κ1) is 15.5. The predicted octanol–water partition coefficient (Wildman–Crippen LogP) is 2.22. The highest BCUT2D eigenvalue weighted by Crippen LogP contribution is 2.22. The Kier molecular flexibility index (Phi) is 4.96. The largest absolute Gasteiger partial charge is 0.494 e. The monoisotopic (exact) mass is 293 g/mol. The van der Waals surface area contributed by atoms with Gasteiger partial charge in [-0.2, -0.15) is 0 Å². The molecular formula is C16H20FNO3. The normalized spacial score (nSPS) is 19.0. The summed E-state index contributed by atoms with van der Waals surface area (Å²) in [7, 11) is 1.41. The fourth-order valence-electron chi connectivity index (χ4n) is 2.60. The van der Waals surface area contributed by atoms with E-state index in [1.807, 2.05) is 0 Å².